The lowest BCUT2D eigenvalue weighted by Gasteiger charge is -2.22. The number of ketones is 1. The molecule has 5 heteroatoms. The summed E-state index contributed by atoms with van der Waals surface area (Å²) in [6.07, 6.45) is 1.64. The Bertz CT molecular complexity index is 559. The van der Waals surface area contributed by atoms with Gasteiger partial charge in [0.1, 0.15) is 5.69 Å². The van der Waals surface area contributed by atoms with Crippen molar-refractivity contribution in [2.45, 2.75) is 6.04 Å². The Morgan fingerprint density at radius 1 is 1.32 bits per heavy atom. The van der Waals surface area contributed by atoms with E-state index in [1.165, 1.54) is 0 Å². The second-order valence-electron chi connectivity index (χ2n) is 4.41. The Labute approximate surface area is 111 Å². The van der Waals surface area contributed by atoms with Gasteiger partial charge in [0, 0.05) is 6.54 Å². The van der Waals surface area contributed by atoms with Gasteiger partial charge in [-0.1, -0.05) is 18.2 Å². The minimum atomic E-state index is -0.284. The molecule has 1 aromatic heterocycles. The molecule has 0 spiro atoms. The van der Waals surface area contributed by atoms with Crippen LogP contribution in [0.1, 0.15) is 10.5 Å². The minimum Gasteiger partial charge on any atom is -0.378 e. The van der Waals surface area contributed by atoms with E-state index in [1.54, 1.807) is 16.9 Å². The van der Waals surface area contributed by atoms with Crippen molar-refractivity contribution in [3.05, 3.63) is 48.3 Å². The summed E-state index contributed by atoms with van der Waals surface area (Å²) in [5.74, 6) is 0.0149. The number of nitrogens with one attached hydrogen (secondary N) is 1. The van der Waals surface area contributed by atoms with Crippen LogP contribution in [0.15, 0.2) is 42.6 Å². The topological polar surface area (TPSA) is 56.2 Å². The number of hydrogen-bond acceptors (Lipinski definition) is 4. The lowest BCUT2D eigenvalue weighted by Crippen LogP contribution is -2.47. The lowest BCUT2D eigenvalue weighted by molar-refractivity contribution is 0.0602. The third-order valence-corrected chi connectivity index (χ3v) is 3.13. The van der Waals surface area contributed by atoms with Gasteiger partial charge in [0.25, 0.3) is 0 Å². The number of Topliss-reactive ketones (excluding diaryl/α,β-unsaturated/α-hetero) is 1. The van der Waals surface area contributed by atoms with Gasteiger partial charge in [0.05, 0.1) is 31.1 Å². The second-order valence-corrected chi connectivity index (χ2v) is 4.41. The van der Waals surface area contributed by atoms with Crippen LogP contribution in [0.3, 0.4) is 0 Å². The van der Waals surface area contributed by atoms with Crippen molar-refractivity contribution in [1.29, 1.82) is 0 Å². The van der Waals surface area contributed by atoms with Crippen LogP contribution in [0.2, 0.25) is 0 Å². The van der Waals surface area contributed by atoms with Crippen LogP contribution < -0.4 is 5.32 Å². The Hall–Kier alpha value is -1.98. The molecule has 0 aliphatic carbocycles. The molecule has 2 heterocycles. The molecule has 3 rings (SSSR count). The third kappa shape index (κ3) is 2.43. The first-order valence-corrected chi connectivity index (χ1v) is 6.31. The van der Waals surface area contributed by atoms with Crippen molar-refractivity contribution in [2.75, 3.05) is 19.8 Å². The zero-order valence-electron chi connectivity index (χ0n) is 10.5. The van der Waals surface area contributed by atoms with E-state index in [0.717, 1.165) is 5.69 Å². The fourth-order valence-electron chi connectivity index (χ4n) is 2.18. The number of morpholine rings is 1. The molecule has 2 aromatic rings. The fraction of sp³-hybridized carbons (Fsp3) is 0.286. The first-order valence-electron chi connectivity index (χ1n) is 6.31. The maximum absolute atomic E-state index is 12.5. The normalized spacial score (nSPS) is 19.3. The van der Waals surface area contributed by atoms with Gasteiger partial charge in [-0.25, -0.2) is 4.68 Å². The number of carbonyl (C=O) groups excluding carboxylic acids is 1. The van der Waals surface area contributed by atoms with Gasteiger partial charge in [-0.3, -0.25) is 4.79 Å². The average molecular weight is 257 g/mol. The number of aromatic nitrogens is 2. The van der Waals surface area contributed by atoms with Gasteiger partial charge >= 0.3 is 0 Å². The predicted octanol–water partition coefficient (Wildman–Crippen LogP) is 1.04. The van der Waals surface area contributed by atoms with E-state index in [9.17, 15) is 4.79 Å². The molecule has 1 aliphatic rings. The lowest BCUT2D eigenvalue weighted by atomic mass is 10.1. The van der Waals surface area contributed by atoms with Crippen LogP contribution >= 0.6 is 0 Å². The average Bonchev–Trinajstić information content (AvgIpc) is 2.98. The van der Waals surface area contributed by atoms with E-state index in [2.05, 4.69) is 10.4 Å². The smallest absolute Gasteiger partial charge is 0.200 e. The molecule has 1 saturated heterocycles. The molecule has 1 fully saturated rings. The first kappa shape index (κ1) is 12.1. The molecule has 1 aromatic carbocycles. The Balaban J connectivity index is 1.89. The number of nitrogens with zero attached hydrogens (tertiary/aromatic N) is 2. The van der Waals surface area contributed by atoms with Gasteiger partial charge in [0.15, 0.2) is 0 Å². The quantitative estimate of drug-likeness (QED) is 0.835. The molecule has 98 valence electrons. The zero-order chi connectivity index (χ0) is 13.1. The molecule has 1 N–H and O–H groups in total. The van der Waals surface area contributed by atoms with Gasteiger partial charge < -0.3 is 10.1 Å². The summed E-state index contributed by atoms with van der Waals surface area (Å²) >= 11 is 0. The number of hydrogen-bond donors (Lipinski definition) is 1. The molecule has 0 radical (unpaired) electrons. The molecule has 0 amide bonds. The molecule has 1 aliphatic heterocycles. The molecule has 1 atom stereocenters. The summed E-state index contributed by atoms with van der Waals surface area (Å²) in [6, 6.07) is 11.1. The van der Waals surface area contributed by atoms with Crippen LogP contribution in [0.4, 0.5) is 0 Å². The minimum absolute atomic E-state index is 0.0149. The Kier molecular flexibility index (Phi) is 3.39. The van der Waals surface area contributed by atoms with Crippen LogP contribution in [-0.4, -0.2) is 41.4 Å². The summed E-state index contributed by atoms with van der Waals surface area (Å²) < 4.78 is 7.00. The summed E-state index contributed by atoms with van der Waals surface area (Å²) in [5, 5.41) is 7.40. The number of ether oxygens (including phenoxy) is 1. The van der Waals surface area contributed by atoms with E-state index in [0.29, 0.717) is 25.5 Å². The third-order valence-electron chi connectivity index (χ3n) is 3.13. The van der Waals surface area contributed by atoms with Crippen LogP contribution in [0, 0.1) is 0 Å². The SMILES string of the molecule is O=C(c1ccnn1-c1ccccc1)C1COCCN1. The Morgan fingerprint density at radius 3 is 2.89 bits per heavy atom. The van der Waals surface area contributed by atoms with Crippen LogP contribution in [0.5, 0.6) is 0 Å². The van der Waals surface area contributed by atoms with E-state index < -0.39 is 0 Å². The number of carbonyl (C=O) groups is 1. The summed E-state index contributed by atoms with van der Waals surface area (Å²) in [6.45, 7) is 1.77. The van der Waals surface area contributed by atoms with Gasteiger partial charge in [-0.05, 0) is 18.2 Å². The molecule has 19 heavy (non-hydrogen) atoms. The first-order chi connectivity index (χ1) is 9.36. The van der Waals surface area contributed by atoms with E-state index in [-0.39, 0.29) is 11.8 Å². The highest BCUT2D eigenvalue weighted by molar-refractivity contribution is 5.99. The standard InChI is InChI=1S/C14H15N3O2/c18-14(12-10-19-9-8-15-12)13-6-7-16-17(13)11-4-2-1-3-5-11/h1-7,12,15H,8-10H2. The van der Waals surface area contributed by atoms with Crippen molar-refractivity contribution in [2.24, 2.45) is 0 Å². The largest absolute Gasteiger partial charge is 0.378 e. The van der Waals surface area contributed by atoms with Crippen molar-refractivity contribution < 1.29 is 9.53 Å². The molecular formula is C14H15N3O2. The summed E-state index contributed by atoms with van der Waals surface area (Å²) in [4.78, 5) is 12.5. The van der Waals surface area contributed by atoms with E-state index in [1.807, 2.05) is 30.3 Å². The summed E-state index contributed by atoms with van der Waals surface area (Å²) in [7, 11) is 0. The Morgan fingerprint density at radius 2 is 2.16 bits per heavy atom. The number of benzene rings is 1. The summed E-state index contributed by atoms with van der Waals surface area (Å²) in [5.41, 5.74) is 1.46. The highest BCUT2D eigenvalue weighted by Gasteiger charge is 2.25. The van der Waals surface area contributed by atoms with E-state index in [4.69, 9.17) is 4.74 Å². The number of para-hydroxylation sites is 1. The van der Waals surface area contributed by atoms with Crippen molar-refractivity contribution in [3.63, 3.8) is 0 Å². The fourth-order valence-corrected chi connectivity index (χ4v) is 2.18. The van der Waals surface area contributed by atoms with Gasteiger partial charge in [0.2, 0.25) is 5.78 Å². The highest BCUT2D eigenvalue weighted by Crippen LogP contribution is 2.12. The van der Waals surface area contributed by atoms with Gasteiger partial charge in [-0.15, -0.1) is 0 Å². The van der Waals surface area contributed by atoms with Crippen molar-refractivity contribution >= 4 is 5.78 Å². The van der Waals surface area contributed by atoms with Gasteiger partial charge in [-0.2, -0.15) is 5.10 Å². The van der Waals surface area contributed by atoms with Crippen LogP contribution in [-0.2, 0) is 4.74 Å². The zero-order valence-corrected chi connectivity index (χ0v) is 10.5. The number of rotatable bonds is 3. The maximum Gasteiger partial charge on any atom is 0.200 e. The van der Waals surface area contributed by atoms with E-state index >= 15 is 0 Å². The highest BCUT2D eigenvalue weighted by atomic mass is 16.5. The molecule has 0 saturated carbocycles. The molecular weight excluding hydrogens is 242 g/mol. The predicted molar refractivity (Wildman–Crippen MR) is 70.5 cm³/mol. The molecule has 1 unspecified atom stereocenters. The van der Waals surface area contributed by atoms with Crippen molar-refractivity contribution in [3.8, 4) is 5.69 Å². The molecule has 0 bridgehead atoms. The second kappa shape index (κ2) is 5.34. The molecule has 5 nitrogen and oxygen atoms in total. The van der Waals surface area contributed by atoms with Crippen LogP contribution in [0.25, 0.3) is 5.69 Å². The van der Waals surface area contributed by atoms with Crippen molar-refractivity contribution in [1.82, 2.24) is 15.1 Å². The monoisotopic (exact) mass is 257 g/mol. The maximum atomic E-state index is 12.5.